The molecule has 3 N–H and O–H groups in total. The molecular weight excluding hydrogens is 244 g/mol. The van der Waals surface area contributed by atoms with Gasteiger partial charge < -0.3 is 10.9 Å². The molecule has 1 aliphatic carbocycles. The van der Waals surface area contributed by atoms with E-state index in [1.807, 2.05) is 23.9 Å². The van der Waals surface area contributed by atoms with Crippen molar-refractivity contribution in [1.82, 2.24) is 0 Å². The molecule has 3 nitrogen and oxygen atoms in total. The maximum atomic E-state index is 8.84. The van der Waals surface area contributed by atoms with Gasteiger partial charge in [-0.2, -0.15) is 0 Å². The second-order valence-electron chi connectivity index (χ2n) is 4.90. The van der Waals surface area contributed by atoms with E-state index in [1.165, 1.54) is 31.2 Å². The Hall–Kier alpha value is -1.16. The molecule has 2 rings (SSSR count). The number of benzene rings is 1. The van der Waals surface area contributed by atoms with Crippen LogP contribution in [0.5, 0.6) is 0 Å². The molecule has 0 unspecified atom stereocenters. The van der Waals surface area contributed by atoms with Gasteiger partial charge in [0.1, 0.15) is 0 Å². The fourth-order valence-corrected chi connectivity index (χ4v) is 3.84. The summed E-state index contributed by atoms with van der Waals surface area (Å²) in [7, 11) is 0. The van der Waals surface area contributed by atoms with E-state index in [-0.39, 0.29) is 5.84 Å². The third-order valence-electron chi connectivity index (χ3n) is 3.53. The maximum Gasteiger partial charge on any atom is 0.171 e. The van der Waals surface area contributed by atoms with Crippen LogP contribution < -0.4 is 5.73 Å². The number of hydrogen-bond donors (Lipinski definition) is 2. The minimum Gasteiger partial charge on any atom is -0.409 e. The number of aryl methyl sites for hydroxylation is 1. The normalized spacial score (nSPS) is 17.3. The largest absolute Gasteiger partial charge is 0.409 e. The number of rotatable bonds is 4. The highest BCUT2D eigenvalue weighted by molar-refractivity contribution is 7.99. The Labute approximate surface area is 112 Å². The lowest BCUT2D eigenvalue weighted by Gasteiger charge is -2.13. The predicted molar refractivity (Wildman–Crippen MR) is 76.4 cm³/mol. The van der Waals surface area contributed by atoms with Gasteiger partial charge in [0.05, 0.1) is 0 Å². The molecule has 18 heavy (non-hydrogen) atoms. The molecule has 98 valence electrons. The van der Waals surface area contributed by atoms with Gasteiger partial charge >= 0.3 is 0 Å². The summed E-state index contributed by atoms with van der Waals surface area (Å²) in [6.45, 7) is 2.07. The average Bonchev–Trinajstić information content (AvgIpc) is 2.89. The van der Waals surface area contributed by atoms with Crippen LogP contribution >= 0.6 is 11.8 Å². The molecule has 1 aromatic rings. The Kier molecular flexibility index (Phi) is 4.53. The number of nitrogens with two attached hydrogens (primary N) is 1. The van der Waals surface area contributed by atoms with Gasteiger partial charge in [0.2, 0.25) is 0 Å². The van der Waals surface area contributed by atoms with E-state index in [0.717, 1.165) is 22.1 Å². The van der Waals surface area contributed by atoms with Gasteiger partial charge in [-0.15, -0.1) is 11.8 Å². The molecule has 4 heteroatoms. The molecule has 0 spiro atoms. The molecule has 0 atom stereocenters. The van der Waals surface area contributed by atoms with Crippen molar-refractivity contribution < 1.29 is 5.21 Å². The van der Waals surface area contributed by atoms with Crippen molar-refractivity contribution in [2.45, 2.75) is 37.5 Å². The minimum atomic E-state index is 0.202. The van der Waals surface area contributed by atoms with Crippen LogP contribution in [-0.2, 0) is 0 Å². The number of thioether (sulfide) groups is 1. The van der Waals surface area contributed by atoms with Crippen molar-refractivity contribution in [2.24, 2.45) is 16.8 Å². The van der Waals surface area contributed by atoms with Gasteiger partial charge in [0, 0.05) is 16.2 Å². The van der Waals surface area contributed by atoms with E-state index in [9.17, 15) is 0 Å². The molecule has 0 saturated heterocycles. The third-order valence-corrected chi connectivity index (χ3v) is 5.00. The first-order valence-corrected chi connectivity index (χ1v) is 7.41. The van der Waals surface area contributed by atoms with E-state index in [0.29, 0.717) is 0 Å². The fourth-order valence-electron chi connectivity index (χ4n) is 2.48. The topological polar surface area (TPSA) is 58.6 Å². The van der Waals surface area contributed by atoms with Crippen LogP contribution in [0.3, 0.4) is 0 Å². The van der Waals surface area contributed by atoms with Crippen LogP contribution in [0.25, 0.3) is 0 Å². The van der Waals surface area contributed by atoms with Crippen molar-refractivity contribution in [3.63, 3.8) is 0 Å². The van der Waals surface area contributed by atoms with Crippen LogP contribution in [0.2, 0.25) is 0 Å². The quantitative estimate of drug-likeness (QED) is 0.288. The minimum absolute atomic E-state index is 0.202. The molecule has 0 heterocycles. The SMILES string of the molecule is Cc1cccc(/C(N)=N/O)c1SCC1CCCC1. The van der Waals surface area contributed by atoms with Crippen molar-refractivity contribution in [2.75, 3.05) is 5.75 Å². The Morgan fingerprint density at radius 3 is 2.83 bits per heavy atom. The summed E-state index contributed by atoms with van der Waals surface area (Å²) < 4.78 is 0. The fraction of sp³-hybridized carbons (Fsp3) is 0.500. The first-order chi connectivity index (χ1) is 8.72. The van der Waals surface area contributed by atoms with Gasteiger partial charge in [-0.3, -0.25) is 0 Å². The van der Waals surface area contributed by atoms with Gasteiger partial charge in [-0.25, -0.2) is 0 Å². The average molecular weight is 264 g/mol. The predicted octanol–water partition coefficient (Wildman–Crippen LogP) is 3.37. The first-order valence-electron chi connectivity index (χ1n) is 6.42. The summed E-state index contributed by atoms with van der Waals surface area (Å²) in [6.07, 6.45) is 5.42. The molecule has 1 aromatic carbocycles. The Bertz CT molecular complexity index is 439. The van der Waals surface area contributed by atoms with Crippen molar-refractivity contribution >= 4 is 17.6 Å². The smallest absolute Gasteiger partial charge is 0.171 e. The maximum absolute atomic E-state index is 8.84. The molecule has 0 radical (unpaired) electrons. The molecule has 0 aromatic heterocycles. The molecule has 1 aliphatic rings. The number of amidine groups is 1. The second kappa shape index (κ2) is 6.14. The standard InChI is InChI=1S/C14H20N2OS/c1-10-5-4-8-12(14(15)16-17)13(10)18-9-11-6-2-3-7-11/h4-5,8,11,17H,2-3,6-7,9H2,1H3,(H2,15,16). The van der Waals surface area contributed by atoms with E-state index in [4.69, 9.17) is 10.9 Å². The van der Waals surface area contributed by atoms with Gasteiger partial charge in [-0.05, 0) is 31.2 Å². The van der Waals surface area contributed by atoms with Gasteiger partial charge in [-0.1, -0.05) is 36.2 Å². The van der Waals surface area contributed by atoms with Crippen LogP contribution in [0, 0.1) is 12.8 Å². The number of oxime groups is 1. The summed E-state index contributed by atoms with van der Waals surface area (Å²) in [4.78, 5) is 1.15. The Balaban J connectivity index is 2.14. The lowest BCUT2D eigenvalue weighted by Crippen LogP contribution is -2.15. The zero-order chi connectivity index (χ0) is 13.0. The van der Waals surface area contributed by atoms with E-state index >= 15 is 0 Å². The summed E-state index contributed by atoms with van der Waals surface area (Å²) in [6, 6.07) is 5.94. The second-order valence-corrected chi connectivity index (χ2v) is 5.93. The first kappa shape index (κ1) is 13.3. The molecular formula is C14H20N2OS. The lowest BCUT2D eigenvalue weighted by molar-refractivity contribution is 0.318. The highest BCUT2D eigenvalue weighted by Gasteiger charge is 2.17. The van der Waals surface area contributed by atoms with E-state index in [1.54, 1.807) is 0 Å². The van der Waals surface area contributed by atoms with Gasteiger partial charge in [0.15, 0.2) is 5.84 Å². The summed E-state index contributed by atoms with van der Waals surface area (Å²) in [5, 5.41) is 12.0. The summed E-state index contributed by atoms with van der Waals surface area (Å²) in [5.41, 5.74) is 7.78. The third kappa shape index (κ3) is 2.99. The van der Waals surface area contributed by atoms with Crippen LogP contribution in [0.4, 0.5) is 0 Å². The molecule has 1 fully saturated rings. The van der Waals surface area contributed by atoms with E-state index < -0.39 is 0 Å². The zero-order valence-corrected chi connectivity index (χ0v) is 11.5. The van der Waals surface area contributed by atoms with Crippen molar-refractivity contribution in [3.8, 4) is 0 Å². The monoisotopic (exact) mass is 264 g/mol. The van der Waals surface area contributed by atoms with Crippen LogP contribution in [-0.4, -0.2) is 16.8 Å². The molecule has 1 saturated carbocycles. The van der Waals surface area contributed by atoms with Gasteiger partial charge in [0.25, 0.3) is 0 Å². The number of nitrogens with zero attached hydrogens (tertiary/aromatic N) is 1. The lowest BCUT2D eigenvalue weighted by atomic mass is 10.1. The molecule has 0 bridgehead atoms. The summed E-state index contributed by atoms with van der Waals surface area (Å²) >= 11 is 1.84. The molecule has 0 aliphatic heterocycles. The summed E-state index contributed by atoms with van der Waals surface area (Å²) in [5.74, 6) is 2.17. The zero-order valence-electron chi connectivity index (χ0n) is 10.7. The highest BCUT2D eigenvalue weighted by atomic mass is 32.2. The number of hydrogen-bond acceptors (Lipinski definition) is 3. The van der Waals surface area contributed by atoms with Crippen LogP contribution in [0.1, 0.15) is 36.8 Å². The highest BCUT2D eigenvalue weighted by Crippen LogP contribution is 2.33. The van der Waals surface area contributed by atoms with Crippen LogP contribution in [0.15, 0.2) is 28.3 Å². The van der Waals surface area contributed by atoms with E-state index in [2.05, 4.69) is 18.1 Å². The molecule has 0 amide bonds. The van der Waals surface area contributed by atoms with Crippen molar-refractivity contribution in [1.29, 1.82) is 0 Å². The Morgan fingerprint density at radius 1 is 1.44 bits per heavy atom. The Morgan fingerprint density at radius 2 is 2.17 bits per heavy atom. The van der Waals surface area contributed by atoms with Crippen molar-refractivity contribution in [3.05, 3.63) is 29.3 Å².